The smallest absolute Gasteiger partial charge is 0.296 e. The van der Waals surface area contributed by atoms with Crippen LogP contribution in [-0.2, 0) is 6.54 Å². The van der Waals surface area contributed by atoms with Crippen molar-refractivity contribution in [1.29, 1.82) is 0 Å². The Morgan fingerprint density at radius 1 is 0.841 bits per heavy atom. The summed E-state index contributed by atoms with van der Waals surface area (Å²) in [4.78, 5) is 37.2. The molecule has 0 bridgehead atoms. The van der Waals surface area contributed by atoms with E-state index in [1.54, 1.807) is 12.4 Å². The number of piperidine rings is 1. The molecule has 5 aromatic rings. The molecular formula is C35H37N7O2. The van der Waals surface area contributed by atoms with Crippen LogP contribution in [0.5, 0.6) is 0 Å². The van der Waals surface area contributed by atoms with E-state index in [0.29, 0.717) is 37.4 Å². The van der Waals surface area contributed by atoms with E-state index in [1.807, 2.05) is 59.5 Å². The molecule has 7 rings (SSSR count). The number of hydrogen-bond acceptors (Lipinski definition) is 6. The van der Waals surface area contributed by atoms with E-state index in [0.717, 1.165) is 54.8 Å². The van der Waals surface area contributed by atoms with Crippen LogP contribution in [0, 0.1) is 0 Å². The fourth-order valence-electron chi connectivity index (χ4n) is 6.42. The van der Waals surface area contributed by atoms with Gasteiger partial charge in [0.1, 0.15) is 5.69 Å². The Bertz CT molecular complexity index is 1780. The summed E-state index contributed by atoms with van der Waals surface area (Å²) in [6, 6.07) is 28.2. The van der Waals surface area contributed by atoms with Crippen molar-refractivity contribution in [2.24, 2.45) is 0 Å². The second-order valence-corrected chi connectivity index (χ2v) is 11.7. The lowest BCUT2D eigenvalue weighted by atomic mass is 10.0. The molecule has 224 valence electrons. The van der Waals surface area contributed by atoms with Gasteiger partial charge in [0.15, 0.2) is 0 Å². The minimum atomic E-state index is -0.155. The van der Waals surface area contributed by atoms with Crippen LogP contribution in [0.25, 0.3) is 16.6 Å². The van der Waals surface area contributed by atoms with Crippen LogP contribution < -0.4 is 15.8 Å². The van der Waals surface area contributed by atoms with E-state index in [9.17, 15) is 9.59 Å². The highest BCUT2D eigenvalue weighted by Crippen LogP contribution is 2.27. The predicted octanol–water partition coefficient (Wildman–Crippen LogP) is 4.75. The van der Waals surface area contributed by atoms with Gasteiger partial charge < -0.3 is 20.1 Å². The first-order chi connectivity index (χ1) is 21.6. The molecule has 9 nitrogen and oxygen atoms in total. The summed E-state index contributed by atoms with van der Waals surface area (Å²) in [6.45, 7) is 5.25. The summed E-state index contributed by atoms with van der Waals surface area (Å²) in [5.74, 6) is 0.0281. The van der Waals surface area contributed by atoms with Crippen LogP contribution in [-0.4, -0.2) is 75.8 Å². The standard InChI is InChI=1S/C35H37N7O2/c43-34(30-23-36-31-14-8-7-13-29(30)31)41-21-19-40(20-22-41)32-24-37-42(28-11-5-2-6-12-28)35(44)33(32)38-27-15-17-39(18-16-27)25-26-9-3-1-4-10-26/h1-14,23-24,27,36,38H,15-22,25H2. The third kappa shape index (κ3) is 5.70. The molecule has 4 heterocycles. The minimum absolute atomic E-state index is 0.0281. The number of hydrogen-bond donors (Lipinski definition) is 2. The van der Waals surface area contributed by atoms with E-state index in [-0.39, 0.29) is 17.5 Å². The molecule has 2 fully saturated rings. The first kappa shape index (κ1) is 27.9. The number of rotatable bonds is 7. The maximum absolute atomic E-state index is 14.0. The molecule has 2 aromatic heterocycles. The quantitative estimate of drug-likeness (QED) is 0.286. The van der Waals surface area contributed by atoms with Crippen LogP contribution in [0.3, 0.4) is 0 Å². The number of carbonyl (C=O) groups is 1. The molecule has 0 unspecified atom stereocenters. The average Bonchev–Trinajstić information content (AvgIpc) is 3.51. The number of para-hydroxylation sites is 2. The number of fused-ring (bicyclic) bond motifs is 1. The van der Waals surface area contributed by atoms with E-state index < -0.39 is 0 Å². The van der Waals surface area contributed by atoms with Gasteiger partial charge in [-0.15, -0.1) is 0 Å². The van der Waals surface area contributed by atoms with Gasteiger partial charge in [0, 0.05) is 69.0 Å². The number of H-pyrrole nitrogens is 1. The third-order valence-electron chi connectivity index (χ3n) is 8.87. The third-order valence-corrected chi connectivity index (χ3v) is 8.87. The number of piperazine rings is 1. The van der Waals surface area contributed by atoms with E-state index >= 15 is 0 Å². The second-order valence-electron chi connectivity index (χ2n) is 11.7. The van der Waals surface area contributed by atoms with Crippen LogP contribution in [0.4, 0.5) is 11.4 Å². The number of nitrogens with one attached hydrogen (secondary N) is 2. The lowest BCUT2D eigenvalue weighted by Gasteiger charge is -2.37. The molecule has 0 aliphatic carbocycles. The Labute approximate surface area is 256 Å². The molecule has 2 saturated heterocycles. The number of benzene rings is 3. The zero-order valence-corrected chi connectivity index (χ0v) is 24.7. The Morgan fingerprint density at radius 2 is 1.52 bits per heavy atom. The number of anilines is 2. The number of nitrogens with zero attached hydrogens (tertiary/aromatic N) is 5. The molecule has 2 N–H and O–H groups in total. The summed E-state index contributed by atoms with van der Waals surface area (Å²) in [6.07, 6.45) is 5.51. The number of amides is 1. The zero-order valence-electron chi connectivity index (χ0n) is 24.7. The minimum Gasteiger partial charge on any atom is -0.376 e. The maximum atomic E-state index is 14.0. The number of aromatic amines is 1. The van der Waals surface area contributed by atoms with Crippen molar-refractivity contribution in [3.8, 4) is 5.69 Å². The van der Waals surface area contributed by atoms with Crippen molar-refractivity contribution >= 4 is 28.2 Å². The fraction of sp³-hybridized carbons (Fsp3) is 0.286. The molecule has 9 heteroatoms. The zero-order chi connectivity index (χ0) is 29.9. The van der Waals surface area contributed by atoms with Gasteiger partial charge in [0.05, 0.1) is 23.1 Å². The highest BCUT2D eigenvalue weighted by molar-refractivity contribution is 6.06. The topological polar surface area (TPSA) is 89.5 Å². The molecule has 3 aromatic carbocycles. The molecule has 0 atom stereocenters. The van der Waals surface area contributed by atoms with Gasteiger partial charge in [-0.05, 0) is 36.6 Å². The van der Waals surface area contributed by atoms with Crippen molar-refractivity contribution in [3.63, 3.8) is 0 Å². The number of aromatic nitrogens is 3. The SMILES string of the molecule is O=C(c1c[nH]c2ccccc12)N1CCN(c2cnn(-c3ccccc3)c(=O)c2NC2CCN(Cc3ccccc3)CC2)CC1. The lowest BCUT2D eigenvalue weighted by molar-refractivity contribution is 0.0749. The Balaban J connectivity index is 1.09. The van der Waals surface area contributed by atoms with Gasteiger partial charge in [0.25, 0.3) is 11.5 Å². The van der Waals surface area contributed by atoms with Crippen molar-refractivity contribution in [2.45, 2.75) is 25.4 Å². The van der Waals surface area contributed by atoms with Crippen LogP contribution in [0.1, 0.15) is 28.8 Å². The van der Waals surface area contributed by atoms with Crippen LogP contribution in [0.2, 0.25) is 0 Å². The van der Waals surface area contributed by atoms with Gasteiger partial charge in [0.2, 0.25) is 0 Å². The van der Waals surface area contributed by atoms with Crippen molar-refractivity contribution in [3.05, 3.63) is 119 Å². The van der Waals surface area contributed by atoms with Crippen LogP contribution >= 0.6 is 0 Å². The predicted molar refractivity (Wildman–Crippen MR) is 175 cm³/mol. The largest absolute Gasteiger partial charge is 0.376 e. The first-order valence-electron chi connectivity index (χ1n) is 15.4. The van der Waals surface area contributed by atoms with Gasteiger partial charge in [-0.25, -0.2) is 0 Å². The number of carbonyl (C=O) groups excluding carboxylic acids is 1. The van der Waals surface area contributed by atoms with E-state index in [2.05, 4.69) is 55.5 Å². The maximum Gasteiger partial charge on any atom is 0.296 e. The van der Waals surface area contributed by atoms with Gasteiger partial charge in [-0.2, -0.15) is 9.78 Å². The lowest BCUT2D eigenvalue weighted by Crippen LogP contribution is -2.49. The van der Waals surface area contributed by atoms with Gasteiger partial charge in [-0.3, -0.25) is 14.5 Å². The molecule has 0 saturated carbocycles. The van der Waals surface area contributed by atoms with Crippen molar-refractivity contribution in [1.82, 2.24) is 24.6 Å². The normalized spacial score (nSPS) is 16.4. The highest BCUT2D eigenvalue weighted by Gasteiger charge is 2.28. The Hall–Kier alpha value is -4.89. The summed E-state index contributed by atoms with van der Waals surface area (Å²) in [5, 5.41) is 9.19. The summed E-state index contributed by atoms with van der Waals surface area (Å²) in [7, 11) is 0. The molecule has 0 spiro atoms. The van der Waals surface area contributed by atoms with Crippen molar-refractivity contribution < 1.29 is 4.79 Å². The summed E-state index contributed by atoms with van der Waals surface area (Å²) in [5.41, 5.74) is 4.94. The molecular weight excluding hydrogens is 550 g/mol. The van der Waals surface area contributed by atoms with Gasteiger partial charge >= 0.3 is 0 Å². The Morgan fingerprint density at radius 3 is 2.27 bits per heavy atom. The average molecular weight is 588 g/mol. The number of likely N-dealkylation sites (tertiary alicyclic amines) is 1. The summed E-state index contributed by atoms with van der Waals surface area (Å²) >= 11 is 0. The molecule has 2 aliphatic rings. The highest BCUT2D eigenvalue weighted by atomic mass is 16.2. The molecule has 2 aliphatic heterocycles. The second kappa shape index (κ2) is 12.4. The van der Waals surface area contributed by atoms with Gasteiger partial charge in [-0.1, -0.05) is 66.7 Å². The molecule has 1 amide bonds. The van der Waals surface area contributed by atoms with E-state index in [4.69, 9.17) is 0 Å². The Kier molecular flexibility index (Phi) is 7.85. The molecule has 0 radical (unpaired) electrons. The summed E-state index contributed by atoms with van der Waals surface area (Å²) < 4.78 is 1.48. The first-order valence-corrected chi connectivity index (χ1v) is 15.4. The van der Waals surface area contributed by atoms with Crippen LogP contribution in [0.15, 0.2) is 102 Å². The molecule has 44 heavy (non-hydrogen) atoms. The monoisotopic (exact) mass is 587 g/mol. The van der Waals surface area contributed by atoms with E-state index in [1.165, 1.54) is 10.2 Å². The van der Waals surface area contributed by atoms with Crippen molar-refractivity contribution in [2.75, 3.05) is 49.5 Å². The fourth-order valence-corrected chi connectivity index (χ4v) is 6.42.